The average molecular weight is 276 g/mol. The minimum Gasteiger partial charge on any atom is -0.369 e. The van der Waals surface area contributed by atoms with Crippen LogP contribution in [0, 0.1) is 11.8 Å². The third-order valence-corrected chi connectivity index (χ3v) is 2.77. The van der Waals surface area contributed by atoms with Gasteiger partial charge in [0.05, 0.1) is 0 Å². The molecule has 2 aromatic carbocycles. The lowest BCUT2D eigenvalue weighted by Crippen LogP contribution is -2.26. The molecule has 0 fully saturated rings. The van der Waals surface area contributed by atoms with E-state index in [1.807, 2.05) is 5.92 Å². The van der Waals surface area contributed by atoms with Crippen LogP contribution in [0.15, 0.2) is 60.7 Å². The summed E-state index contributed by atoms with van der Waals surface area (Å²) in [6, 6.07) is 16.1. The van der Waals surface area contributed by atoms with Crippen molar-refractivity contribution in [3.63, 3.8) is 0 Å². The molecule has 0 aliphatic carbocycles. The van der Waals surface area contributed by atoms with Crippen LogP contribution in [0.2, 0.25) is 0 Å². The van der Waals surface area contributed by atoms with Crippen molar-refractivity contribution < 1.29 is 18.3 Å². The fraction of sp³-hybridized carbons (Fsp3) is 0.125. The van der Waals surface area contributed by atoms with E-state index in [9.17, 15) is 18.3 Å². The second-order valence-corrected chi connectivity index (χ2v) is 4.19. The predicted molar refractivity (Wildman–Crippen MR) is 69.7 cm³/mol. The van der Waals surface area contributed by atoms with Gasteiger partial charge in [-0.1, -0.05) is 60.7 Å². The summed E-state index contributed by atoms with van der Waals surface area (Å²) < 4.78 is 37.0. The van der Waals surface area contributed by atoms with E-state index in [1.165, 1.54) is 24.3 Å². The van der Waals surface area contributed by atoms with Crippen molar-refractivity contribution in [3.8, 4) is 11.8 Å². The van der Waals surface area contributed by atoms with E-state index in [-0.39, 0.29) is 0 Å². The molecular formula is C16H11F3O. The average Bonchev–Trinajstić information content (AvgIpc) is 2.46. The number of hydrogen-bond donors (Lipinski definition) is 1. The van der Waals surface area contributed by atoms with Crippen LogP contribution in [0.3, 0.4) is 0 Å². The number of benzene rings is 2. The minimum atomic E-state index is -4.66. The van der Waals surface area contributed by atoms with Crippen LogP contribution in [0.25, 0.3) is 0 Å². The topological polar surface area (TPSA) is 20.2 Å². The van der Waals surface area contributed by atoms with E-state index in [4.69, 9.17) is 0 Å². The summed E-state index contributed by atoms with van der Waals surface area (Å²) in [6.45, 7) is 0. The van der Waals surface area contributed by atoms with Crippen molar-refractivity contribution in [1.82, 2.24) is 0 Å². The molecule has 0 bridgehead atoms. The second kappa shape index (κ2) is 5.40. The molecule has 2 aromatic rings. The number of alkyl halides is 3. The Morgan fingerprint density at radius 3 is 1.45 bits per heavy atom. The smallest absolute Gasteiger partial charge is 0.369 e. The number of hydrogen-bond acceptors (Lipinski definition) is 1. The van der Waals surface area contributed by atoms with Gasteiger partial charge >= 0.3 is 6.18 Å². The molecule has 0 saturated heterocycles. The van der Waals surface area contributed by atoms with Gasteiger partial charge in [0.15, 0.2) is 5.60 Å². The van der Waals surface area contributed by atoms with Gasteiger partial charge in [0.25, 0.3) is 0 Å². The molecule has 1 N–H and O–H groups in total. The van der Waals surface area contributed by atoms with Crippen LogP contribution in [0.1, 0.15) is 11.1 Å². The van der Waals surface area contributed by atoms with Crippen molar-refractivity contribution in [2.45, 2.75) is 11.8 Å². The summed E-state index contributed by atoms with van der Waals surface area (Å²) in [7, 11) is 0. The van der Waals surface area contributed by atoms with Gasteiger partial charge in [-0.3, -0.25) is 0 Å². The lowest BCUT2D eigenvalue weighted by Gasteiger charge is -2.23. The summed E-state index contributed by atoms with van der Waals surface area (Å²) >= 11 is 0. The summed E-state index contributed by atoms with van der Waals surface area (Å²) in [6.07, 6.45) is -4.66. The monoisotopic (exact) mass is 276 g/mol. The highest BCUT2D eigenvalue weighted by Crippen LogP contribution is 2.29. The van der Waals surface area contributed by atoms with Crippen LogP contribution < -0.4 is 0 Å². The molecule has 0 amide bonds. The first-order valence-electron chi connectivity index (χ1n) is 5.86. The summed E-state index contributed by atoms with van der Waals surface area (Å²) in [5.74, 6) is 3.11. The largest absolute Gasteiger partial charge is 0.457 e. The Morgan fingerprint density at radius 1 is 0.700 bits per heavy atom. The van der Waals surface area contributed by atoms with E-state index < -0.39 is 11.8 Å². The number of aliphatic hydroxyl groups is 1. The molecule has 0 aliphatic rings. The Bertz CT molecular complexity index is 582. The maximum absolute atomic E-state index is 12.3. The van der Waals surface area contributed by atoms with E-state index >= 15 is 0 Å². The van der Waals surface area contributed by atoms with Crippen LogP contribution in [0.5, 0.6) is 0 Å². The SMILES string of the molecule is OC(C#CC(F)(F)F)(c1ccccc1)c1ccccc1. The molecular weight excluding hydrogens is 265 g/mol. The van der Waals surface area contributed by atoms with Crippen LogP contribution in [0.4, 0.5) is 13.2 Å². The maximum Gasteiger partial charge on any atom is 0.457 e. The van der Waals surface area contributed by atoms with E-state index in [2.05, 4.69) is 0 Å². The fourth-order valence-corrected chi connectivity index (χ4v) is 1.83. The van der Waals surface area contributed by atoms with Crippen molar-refractivity contribution in [2.75, 3.05) is 0 Å². The first kappa shape index (κ1) is 14.2. The molecule has 0 aliphatic heterocycles. The number of halogens is 3. The lowest BCUT2D eigenvalue weighted by atomic mass is 9.87. The van der Waals surface area contributed by atoms with Gasteiger partial charge in [-0.05, 0) is 5.92 Å². The molecule has 0 radical (unpaired) electrons. The van der Waals surface area contributed by atoms with Crippen molar-refractivity contribution in [3.05, 3.63) is 71.8 Å². The molecule has 102 valence electrons. The zero-order chi connectivity index (χ0) is 14.6. The Balaban J connectivity index is 2.58. The Kier molecular flexibility index (Phi) is 3.82. The number of rotatable bonds is 2. The minimum absolute atomic E-state index is 0.294. The summed E-state index contributed by atoms with van der Waals surface area (Å²) in [5, 5.41) is 10.6. The second-order valence-electron chi connectivity index (χ2n) is 4.19. The summed E-state index contributed by atoms with van der Waals surface area (Å²) in [5.41, 5.74) is -1.40. The van der Waals surface area contributed by atoms with Gasteiger partial charge in [0.1, 0.15) is 0 Å². The van der Waals surface area contributed by atoms with E-state index in [1.54, 1.807) is 36.4 Å². The van der Waals surface area contributed by atoms with Gasteiger partial charge in [0, 0.05) is 17.0 Å². The zero-order valence-electron chi connectivity index (χ0n) is 10.4. The van der Waals surface area contributed by atoms with E-state index in [0.29, 0.717) is 11.1 Å². The molecule has 0 spiro atoms. The van der Waals surface area contributed by atoms with Gasteiger partial charge in [-0.25, -0.2) is 0 Å². The van der Waals surface area contributed by atoms with Crippen molar-refractivity contribution in [1.29, 1.82) is 0 Å². The van der Waals surface area contributed by atoms with Gasteiger partial charge in [-0.15, -0.1) is 0 Å². The highest BCUT2D eigenvalue weighted by Gasteiger charge is 2.32. The van der Waals surface area contributed by atoms with Gasteiger partial charge in [-0.2, -0.15) is 13.2 Å². The molecule has 0 heterocycles. The Labute approximate surface area is 114 Å². The predicted octanol–water partition coefficient (Wildman–Crippen LogP) is 3.49. The molecule has 2 rings (SSSR count). The molecule has 4 heteroatoms. The Morgan fingerprint density at radius 2 is 1.10 bits per heavy atom. The molecule has 0 aromatic heterocycles. The highest BCUT2D eigenvalue weighted by molar-refractivity contribution is 5.44. The highest BCUT2D eigenvalue weighted by atomic mass is 19.4. The first-order chi connectivity index (χ1) is 9.42. The van der Waals surface area contributed by atoms with Crippen molar-refractivity contribution >= 4 is 0 Å². The third kappa shape index (κ3) is 3.19. The fourth-order valence-electron chi connectivity index (χ4n) is 1.83. The van der Waals surface area contributed by atoms with Crippen molar-refractivity contribution in [2.24, 2.45) is 0 Å². The van der Waals surface area contributed by atoms with Crippen LogP contribution in [-0.4, -0.2) is 11.3 Å². The third-order valence-electron chi connectivity index (χ3n) is 2.77. The normalized spacial score (nSPS) is 11.6. The first-order valence-corrected chi connectivity index (χ1v) is 5.86. The van der Waals surface area contributed by atoms with E-state index in [0.717, 1.165) is 5.92 Å². The van der Waals surface area contributed by atoms with Crippen LogP contribution in [-0.2, 0) is 5.60 Å². The standard InChI is InChI=1S/C16H11F3O/c17-16(18,19)12-11-15(20,13-7-3-1-4-8-13)14-9-5-2-6-10-14/h1-10,20H. The molecule has 0 saturated carbocycles. The van der Waals surface area contributed by atoms with Gasteiger partial charge < -0.3 is 5.11 Å². The summed E-state index contributed by atoms with van der Waals surface area (Å²) in [4.78, 5) is 0. The molecule has 1 nitrogen and oxygen atoms in total. The van der Waals surface area contributed by atoms with Crippen LogP contribution >= 0.6 is 0 Å². The zero-order valence-corrected chi connectivity index (χ0v) is 10.4. The lowest BCUT2D eigenvalue weighted by molar-refractivity contribution is -0.0702. The molecule has 0 unspecified atom stereocenters. The molecule has 20 heavy (non-hydrogen) atoms. The maximum atomic E-state index is 12.3. The molecule has 0 atom stereocenters. The quantitative estimate of drug-likeness (QED) is 0.832. The Hall–Kier alpha value is -2.25. The van der Waals surface area contributed by atoms with Gasteiger partial charge in [0.2, 0.25) is 0 Å².